The molecule has 8 heteroatoms. The third-order valence-electron chi connectivity index (χ3n) is 4.39. The van der Waals surface area contributed by atoms with Crippen molar-refractivity contribution >= 4 is 27.3 Å². The first-order valence-corrected chi connectivity index (χ1v) is 11.6. The zero-order valence-electron chi connectivity index (χ0n) is 17.8. The highest BCUT2D eigenvalue weighted by Gasteiger charge is 2.16. The van der Waals surface area contributed by atoms with Crippen molar-refractivity contribution in [3.8, 4) is 5.75 Å². The molecule has 0 aliphatic heterocycles. The van der Waals surface area contributed by atoms with E-state index in [1.165, 1.54) is 18.2 Å². The SMILES string of the molecule is CCOC(=O)/C=C(/c1cccnc1)c1cccc(NS(=O)(=O)c2ccc(OCC)cc2)c1. The maximum atomic E-state index is 12.8. The van der Waals surface area contributed by atoms with Crippen LogP contribution in [0.25, 0.3) is 5.57 Å². The lowest BCUT2D eigenvalue weighted by atomic mass is 9.98. The predicted molar refractivity (Wildman–Crippen MR) is 123 cm³/mol. The van der Waals surface area contributed by atoms with Gasteiger partial charge in [0.25, 0.3) is 10.0 Å². The zero-order valence-corrected chi connectivity index (χ0v) is 18.6. The molecule has 0 aliphatic rings. The molecular formula is C24H24N2O5S. The van der Waals surface area contributed by atoms with Gasteiger partial charge < -0.3 is 9.47 Å². The Kier molecular flexibility index (Phi) is 7.62. The molecule has 0 radical (unpaired) electrons. The highest BCUT2D eigenvalue weighted by molar-refractivity contribution is 7.92. The van der Waals surface area contributed by atoms with Crippen molar-refractivity contribution in [1.82, 2.24) is 4.98 Å². The quantitative estimate of drug-likeness (QED) is 0.385. The molecule has 0 spiro atoms. The number of hydrogen-bond donors (Lipinski definition) is 1. The highest BCUT2D eigenvalue weighted by atomic mass is 32.2. The molecule has 32 heavy (non-hydrogen) atoms. The Balaban J connectivity index is 1.92. The number of hydrogen-bond acceptors (Lipinski definition) is 6. The minimum absolute atomic E-state index is 0.112. The molecule has 1 aromatic heterocycles. The first-order chi connectivity index (χ1) is 15.4. The first kappa shape index (κ1) is 23.0. The van der Waals surface area contributed by atoms with Crippen molar-refractivity contribution in [3.05, 3.63) is 90.3 Å². The summed E-state index contributed by atoms with van der Waals surface area (Å²) in [5.74, 6) is 0.102. The van der Waals surface area contributed by atoms with E-state index < -0.39 is 16.0 Å². The molecule has 0 saturated heterocycles. The van der Waals surface area contributed by atoms with Gasteiger partial charge in [-0.15, -0.1) is 0 Å². The molecule has 1 heterocycles. The van der Waals surface area contributed by atoms with Gasteiger partial charge in [0.05, 0.1) is 18.1 Å². The van der Waals surface area contributed by atoms with Crippen LogP contribution in [0.5, 0.6) is 5.75 Å². The molecule has 0 aliphatic carbocycles. The Hall–Kier alpha value is -3.65. The van der Waals surface area contributed by atoms with Crippen LogP contribution < -0.4 is 9.46 Å². The molecular weight excluding hydrogens is 428 g/mol. The molecule has 3 aromatic rings. The van der Waals surface area contributed by atoms with Crippen LogP contribution in [-0.4, -0.2) is 32.6 Å². The molecule has 7 nitrogen and oxygen atoms in total. The highest BCUT2D eigenvalue weighted by Crippen LogP contribution is 2.27. The average Bonchev–Trinajstić information content (AvgIpc) is 2.79. The summed E-state index contributed by atoms with van der Waals surface area (Å²) in [4.78, 5) is 16.4. The van der Waals surface area contributed by atoms with Crippen molar-refractivity contribution in [3.63, 3.8) is 0 Å². The van der Waals surface area contributed by atoms with Crippen LogP contribution >= 0.6 is 0 Å². The van der Waals surface area contributed by atoms with Crippen LogP contribution in [0.1, 0.15) is 25.0 Å². The van der Waals surface area contributed by atoms with Crippen LogP contribution in [0.2, 0.25) is 0 Å². The Morgan fingerprint density at radius 2 is 1.75 bits per heavy atom. The van der Waals surface area contributed by atoms with E-state index >= 15 is 0 Å². The Morgan fingerprint density at radius 1 is 1.00 bits per heavy atom. The van der Waals surface area contributed by atoms with Crippen LogP contribution in [0.15, 0.2) is 84.0 Å². The van der Waals surface area contributed by atoms with Crippen molar-refractivity contribution in [2.24, 2.45) is 0 Å². The molecule has 1 N–H and O–H groups in total. The molecule has 2 aromatic carbocycles. The molecule has 0 fully saturated rings. The smallest absolute Gasteiger partial charge is 0.331 e. The van der Waals surface area contributed by atoms with Crippen molar-refractivity contribution in [1.29, 1.82) is 0 Å². The predicted octanol–water partition coefficient (Wildman–Crippen LogP) is 4.28. The third-order valence-corrected chi connectivity index (χ3v) is 5.79. The second kappa shape index (κ2) is 10.6. The van der Waals surface area contributed by atoms with E-state index in [0.29, 0.717) is 34.7 Å². The summed E-state index contributed by atoms with van der Waals surface area (Å²) in [6.07, 6.45) is 4.63. The van der Waals surface area contributed by atoms with Gasteiger partial charge >= 0.3 is 5.97 Å². The van der Waals surface area contributed by atoms with Crippen LogP contribution in [0.3, 0.4) is 0 Å². The van der Waals surface area contributed by atoms with E-state index in [-0.39, 0.29) is 11.5 Å². The summed E-state index contributed by atoms with van der Waals surface area (Å²) in [6.45, 7) is 4.33. The van der Waals surface area contributed by atoms with Gasteiger partial charge in [-0.1, -0.05) is 18.2 Å². The minimum atomic E-state index is -3.81. The summed E-state index contributed by atoms with van der Waals surface area (Å²) in [7, 11) is -3.81. The topological polar surface area (TPSA) is 94.6 Å². The number of rotatable bonds is 9. The van der Waals surface area contributed by atoms with Gasteiger partial charge in [0.1, 0.15) is 5.75 Å². The van der Waals surface area contributed by atoms with E-state index in [2.05, 4.69) is 9.71 Å². The molecule has 0 unspecified atom stereocenters. The molecule has 0 saturated carbocycles. The van der Waals surface area contributed by atoms with Gasteiger partial charge in [-0.05, 0) is 67.4 Å². The molecule has 0 bridgehead atoms. The number of nitrogens with zero attached hydrogens (tertiary/aromatic N) is 1. The number of carbonyl (C=O) groups excluding carboxylic acids is 1. The van der Waals surface area contributed by atoms with E-state index in [0.717, 1.165) is 0 Å². The van der Waals surface area contributed by atoms with E-state index in [4.69, 9.17) is 9.47 Å². The van der Waals surface area contributed by atoms with E-state index in [1.807, 2.05) is 13.0 Å². The number of ether oxygens (including phenoxy) is 2. The Morgan fingerprint density at radius 3 is 2.41 bits per heavy atom. The van der Waals surface area contributed by atoms with Gasteiger partial charge in [0.15, 0.2) is 0 Å². The Labute approximate surface area is 187 Å². The van der Waals surface area contributed by atoms with E-state index in [1.54, 1.807) is 61.8 Å². The fourth-order valence-electron chi connectivity index (χ4n) is 3.00. The molecule has 0 amide bonds. The van der Waals surface area contributed by atoms with Crippen LogP contribution in [0, 0.1) is 0 Å². The second-order valence-corrected chi connectivity index (χ2v) is 8.32. The maximum absolute atomic E-state index is 12.8. The van der Waals surface area contributed by atoms with Gasteiger partial charge in [0.2, 0.25) is 0 Å². The summed E-state index contributed by atoms with van der Waals surface area (Å²) in [6, 6.07) is 16.5. The minimum Gasteiger partial charge on any atom is -0.494 e. The van der Waals surface area contributed by atoms with Crippen molar-refractivity contribution < 1.29 is 22.7 Å². The number of nitrogens with one attached hydrogen (secondary N) is 1. The van der Waals surface area contributed by atoms with E-state index in [9.17, 15) is 13.2 Å². The lowest BCUT2D eigenvalue weighted by Crippen LogP contribution is -2.13. The second-order valence-electron chi connectivity index (χ2n) is 6.64. The maximum Gasteiger partial charge on any atom is 0.331 e. The number of aromatic nitrogens is 1. The summed E-state index contributed by atoms with van der Waals surface area (Å²) >= 11 is 0. The number of carbonyl (C=O) groups is 1. The lowest BCUT2D eigenvalue weighted by molar-refractivity contribution is -0.137. The summed E-state index contributed by atoms with van der Waals surface area (Å²) in [5, 5.41) is 0. The zero-order chi connectivity index (χ0) is 23.0. The third kappa shape index (κ3) is 5.95. The number of anilines is 1. The summed E-state index contributed by atoms with van der Waals surface area (Å²) in [5.41, 5.74) is 2.26. The largest absolute Gasteiger partial charge is 0.494 e. The fraction of sp³-hybridized carbons (Fsp3) is 0.167. The molecule has 3 rings (SSSR count). The van der Waals surface area contributed by atoms with Gasteiger partial charge in [-0.25, -0.2) is 13.2 Å². The van der Waals surface area contributed by atoms with Gasteiger partial charge in [0, 0.05) is 29.7 Å². The number of pyridine rings is 1. The number of sulfonamides is 1. The first-order valence-electron chi connectivity index (χ1n) is 10.1. The van der Waals surface area contributed by atoms with Crippen molar-refractivity contribution in [2.45, 2.75) is 18.7 Å². The van der Waals surface area contributed by atoms with Crippen LogP contribution in [-0.2, 0) is 19.6 Å². The van der Waals surface area contributed by atoms with Gasteiger partial charge in [-0.2, -0.15) is 0 Å². The molecule has 166 valence electrons. The van der Waals surface area contributed by atoms with Crippen molar-refractivity contribution in [2.75, 3.05) is 17.9 Å². The normalized spacial score (nSPS) is 11.6. The Bertz CT molecular complexity index is 1190. The monoisotopic (exact) mass is 452 g/mol. The lowest BCUT2D eigenvalue weighted by Gasteiger charge is -2.12. The number of esters is 1. The van der Waals surface area contributed by atoms with Crippen LogP contribution in [0.4, 0.5) is 5.69 Å². The summed E-state index contributed by atoms with van der Waals surface area (Å²) < 4.78 is 38.7. The standard InChI is InChI=1S/C24H24N2O5S/c1-3-30-21-10-12-22(13-11-21)32(28,29)26-20-9-5-7-18(15-20)23(16-24(27)31-4-2)19-8-6-14-25-17-19/h5-17,26H,3-4H2,1-2H3/b23-16+. The fourth-order valence-corrected chi connectivity index (χ4v) is 4.05. The number of benzene rings is 2. The molecule has 0 atom stereocenters. The average molecular weight is 453 g/mol. The van der Waals surface area contributed by atoms with Gasteiger partial charge in [-0.3, -0.25) is 9.71 Å².